The summed E-state index contributed by atoms with van der Waals surface area (Å²) >= 11 is 0. The number of nitrogens with two attached hydrogens (primary N) is 1. The molecule has 0 unspecified atom stereocenters. The monoisotopic (exact) mass is 295 g/mol. The average molecular weight is 295 g/mol. The Morgan fingerprint density at radius 1 is 1.00 bits per heavy atom. The average Bonchev–Trinajstić information content (AvgIpc) is 2.41. The Bertz CT molecular complexity index is 642. The molecule has 0 heterocycles. The van der Waals surface area contributed by atoms with Crippen LogP contribution in [-0.2, 0) is 6.18 Å². The predicted octanol–water partition coefficient (Wildman–Crippen LogP) is 3.93. The Labute approximate surface area is 118 Å². The van der Waals surface area contributed by atoms with E-state index in [1.807, 2.05) is 0 Å². The maximum atomic E-state index is 12.5. The van der Waals surface area contributed by atoms with Crippen molar-refractivity contribution in [2.24, 2.45) is 0 Å². The van der Waals surface area contributed by atoms with Crippen LogP contribution in [0, 0.1) is 0 Å². The van der Waals surface area contributed by atoms with Crippen molar-refractivity contribution in [3.05, 3.63) is 54.1 Å². The van der Waals surface area contributed by atoms with Gasteiger partial charge in [0, 0.05) is 5.69 Å². The molecular weight excluding hydrogens is 283 g/mol. The van der Waals surface area contributed by atoms with Crippen molar-refractivity contribution in [3.63, 3.8) is 0 Å². The van der Waals surface area contributed by atoms with Gasteiger partial charge in [-0.2, -0.15) is 13.2 Å². The smallest absolute Gasteiger partial charge is 0.397 e. The Kier molecular flexibility index (Phi) is 4.02. The van der Waals surface area contributed by atoms with Crippen molar-refractivity contribution >= 4 is 23.1 Å². The molecule has 2 amide bonds. The second kappa shape index (κ2) is 5.74. The van der Waals surface area contributed by atoms with Crippen LogP contribution in [0.15, 0.2) is 48.5 Å². The molecule has 7 heteroatoms. The summed E-state index contributed by atoms with van der Waals surface area (Å²) in [5.74, 6) is 0. The van der Waals surface area contributed by atoms with E-state index in [1.165, 1.54) is 0 Å². The molecule has 0 saturated heterocycles. The van der Waals surface area contributed by atoms with Crippen LogP contribution in [0.1, 0.15) is 5.56 Å². The minimum atomic E-state index is -4.47. The van der Waals surface area contributed by atoms with Gasteiger partial charge in [0.25, 0.3) is 0 Å². The highest BCUT2D eigenvalue weighted by Crippen LogP contribution is 2.32. The number of carbonyl (C=O) groups is 1. The first kappa shape index (κ1) is 14.7. The number of amides is 2. The summed E-state index contributed by atoms with van der Waals surface area (Å²) in [6, 6.07) is 10.8. The van der Waals surface area contributed by atoms with Crippen LogP contribution in [0.4, 0.5) is 35.0 Å². The lowest BCUT2D eigenvalue weighted by Gasteiger charge is -2.12. The molecule has 0 bridgehead atoms. The molecular formula is C14H12F3N3O. The van der Waals surface area contributed by atoms with Gasteiger partial charge in [0.15, 0.2) is 0 Å². The molecule has 4 nitrogen and oxygen atoms in total. The van der Waals surface area contributed by atoms with Gasteiger partial charge in [0.05, 0.1) is 16.9 Å². The van der Waals surface area contributed by atoms with E-state index >= 15 is 0 Å². The van der Waals surface area contributed by atoms with Gasteiger partial charge >= 0.3 is 12.2 Å². The van der Waals surface area contributed by atoms with Gasteiger partial charge in [0.2, 0.25) is 0 Å². The van der Waals surface area contributed by atoms with E-state index in [4.69, 9.17) is 5.73 Å². The predicted molar refractivity (Wildman–Crippen MR) is 74.9 cm³/mol. The fourth-order valence-electron chi connectivity index (χ4n) is 1.66. The van der Waals surface area contributed by atoms with Crippen LogP contribution in [0.5, 0.6) is 0 Å². The van der Waals surface area contributed by atoms with E-state index in [1.54, 1.807) is 30.3 Å². The lowest BCUT2D eigenvalue weighted by Crippen LogP contribution is -2.20. The number of urea groups is 1. The van der Waals surface area contributed by atoms with Crippen molar-refractivity contribution in [3.8, 4) is 0 Å². The number of rotatable bonds is 2. The highest BCUT2D eigenvalue weighted by atomic mass is 19.4. The molecule has 0 spiro atoms. The van der Waals surface area contributed by atoms with Gasteiger partial charge in [0.1, 0.15) is 0 Å². The van der Waals surface area contributed by atoms with Crippen molar-refractivity contribution in [1.82, 2.24) is 0 Å². The first-order valence-corrected chi connectivity index (χ1v) is 5.96. The van der Waals surface area contributed by atoms with Gasteiger partial charge in [-0.05, 0) is 30.3 Å². The van der Waals surface area contributed by atoms with Crippen LogP contribution in [0.3, 0.4) is 0 Å². The third-order valence-electron chi connectivity index (χ3n) is 2.66. The number of halogens is 3. The third-order valence-corrected chi connectivity index (χ3v) is 2.66. The molecule has 0 aromatic heterocycles. The Balaban J connectivity index is 2.08. The zero-order valence-electron chi connectivity index (χ0n) is 10.7. The fraction of sp³-hybridized carbons (Fsp3) is 0.0714. The first-order valence-electron chi connectivity index (χ1n) is 5.96. The normalized spacial score (nSPS) is 11.0. The summed E-state index contributed by atoms with van der Waals surface area (Å²) in [6.07, 6.45) is -4.47. The summed E-state index contributed by atoms with van der Waals surface area (Å²) in [5, 5.41) is 4.93. The van der Waals surface area contributed by atoms with E-state index < -0.39 is 17.8 Å². The highest BCUT2D eigenvalue weighted by Gasteiger charge is 2.30. The molecule has 0 radical (unpaired) electrons. The number of carbonyl (C=O) groups excluding carboxylic acids is 1. The number of para-hydroxylation sites is 1. The molecule has 21 heavy (non-hydrogen) atoms. The Morgan fingerprint density at radius 3 is 2.24 bits per heavy atom. The first-order chi connectivity index (χ1) is 9.86. The van der Waals surface area contributed by atoms with E-state index in [2.05, 4.69) is 10.6 Å². The van der Waals surface area contributed by atoms with Gasteiger partial charge < -0.3 is 16.4 Å². The molecule has 0 atom stereocenters. The largest absolute Gasteiger partial charge is 0.416 e. The Hall–Kier alpha value is -2.70. The summed E-state index contributed by atoms with van der Waals surface area (Å²) in [5.41, 5.74) is 5.16. The van der Waals surface area contributed by atoms with E-state index in [0.29, 0.717) is 5.69 Å². The lowest BCUT2D eigenvalue weighted by atomic mass is 10.1. The van der Waals surface area contributed by atoms with Crippen molar-refractivity contribution < 1.29 is 18.0 Å². The van der Waals surface area contributed by atoms with Gasteiger partial charge in [-0.15, -0.1) is 0 Å². The van der Waals surface area contributed by atoms with Gasteiger partial charge in [-0.1, -0.05) is 18.2 Å². The summed E-state index contributed by atoms with van der Waals surface area (Å²) in [7, 11) is 0. The molecule has 2 aromatic carbocycles. The van der Waals surface area contributed by atoms with Gasteiger partial charge in [-0.25, -0.2) is 4.79 Å². The van der Waals surface area contributed by atoms with Crippen molar-refractivity contribution in [2.45, 2.75) is 6.18 Å². The SMILES string of the molecule is Nc1cc(C(F)(F)F)ccc1NC(=O)Nc1ccccc1. The van der Waals surface area contributed by atoms with Gasteiger partial charge in [-0.3, -0.25) is 0 Å². The molecule has 0 aliphatic carbocycles. The van der Waals surface area contributed by atoms with E-state index in [-0.39, 0.29) is 11.4 Å². The molecule has 2 aromatic rings. The number of benzene rings is 2. The molecule has 0 aliphatic rings. The van der Waals surface area contributed by atoms with Crippen LogP contribution < -0.4 is 16.4 Å². The molecule has 110 valence electrons. The van der Waals surface area contributed by atoms with Crippen LogP contribution in [0.2, 0.25) is 0 Å². The zero-order valence-corrected chi connectivity index (χ0v) is 10.7. The number of nitrogens with one attached hydrogen (secondary N) is 2. The molecule has 0 fully saturated rings. The maximum absolute atomic E-state index is 12.5. The minimum absolute atomic E-state index is 0.108. The third kappa shape index (κ3) is 3.88. The number of hydrogen-bond donors (Lipinski definition) is 3. The molecule has 4 N–H and O–H groups in total. The second-order valence-electron chi connectivity index (χ2n) is 4.24. The standard InChI is InChI=1S/C14H12F3N3O/c15-14(16,17)9-6-7-12(11(18)8-9)20-13(21)19-10-4-2-1-3-5-10/h1-8H,18H2,(H2,19,20,21). The maximum Gasteiger partial charge on any atom is 0.416 e. The lowest BCUT2D eigenvalue weighted by molar-refractivity contribution is -0.137. The Morgan fingerprint density at radius 2 is 1.67 bits per heavy atom. The number of nitrogen functional groups attached to an aromatic ring is 1. The van der Waals surface area contributed by atoms with Crippen molar-refractivity contribution in [2.75, 3.05) is 16.4 Å². The van der Waals surface area contributed by atoms with Crippen LogP contribution in [0.25, 0.3) is 0 Å². The van der Waals surface area contributed by atoms with E-state index in [9.17, 15) is 18.0 Å². The van der Waals surface area contributed by atoms with Crippen LogP contribution >= 0.6 is 0 Å². The molecule has 0 saturated carbocycles. The van der Waals surface area contributed by atoms with Crippen molar-refractivity contribution in [1.29, 1.82) is 0 Å². The number of hydrogen-bond acceptors (Lipinski definition) is 2. The quantitative estimate of drug-likeness (QED) is 0.735. The number of alkyl halides is 3. The second-order valence-corrected chi connectivity index (χ2v) is 4.24. The molecule has 2 rings (SSSR count). The molecule has 0 aliphatic heterocycles. The summed E-state index contributed by atoms with van der Waals surface area (Å²) in [4.78, 5) is 11.7. The summed E-state index contributed by atoms with van der Waals surface area (Å²) < 4.78 is 37.5. The topological polar surface area (TPSA) is 67.1 Å². The summed E-state index contributed by atoms with van der Waals surface area (Å²) in [6.45, 7) is 0. The van der Waals surface area contributed by atoms with E-state index in [0.717, 1.165) is 18.2 Å². The fourth-order valence-corrected chi connectivity index (χ4v) is 1.66. The highest BCUT2D eigenvalue weighted by molar-refractivity contribution is 6.01. The van der Waals surface area contributed by atoms with Crippen LogP contribution in [-0.4, -0.2) is 6.03 Å². The zero-order chi connectivity index (χ0) is 15.5. The minimum Gasteiger partial charge on any atom is -0.397 e. The number of anilines is 3.